The van der Waals surface area contributed by atoms with Crippen LogP contribution >= 0.6 is 0 Å². The highest BCUT2D eigenvalue weighted by Gasteiger charge is 2.47. The lowest BCUT2D eigenvalue weighted by Crippen LogP contribution is -2.53. The zero-order chi connectivity index (χ0) is 14.8. The van der Waals surface area contributed by atoms with Gasteiger partial charge in [0.15, 0.2) is 0 Å². The van der Waals surface area contributed by atoms with E-state index in [0.717, 1.165) is 0 Å². The van der Waals surface area contributed by atoms with Crippen molar-refractivity contribution in [2.24, 2.45) is 0 Å². The van der Waals surface area contributed by atoms with E-state index in [4.69, 9.17) is 9.47 Å². The van der Waals surface area contributed by atoms with Crippen LogP contribution in [0, 0.1) is 0 Å². The lowest BCUT2D eigenvalue weighted by atomic mass is 10.1. The minimum Gasteiger partial charge on any atom is -0.444 e. The lowest BCUT2D eigenvalue weighted by Gasteiger charge is -2.36. The van der Waals surface area contributed by atoms with Gasteiger partial charge in [0.05, 0.1) is 18.8 Å². The van der Waals surface area contributed by atoms with Crippen LogP contribution in [0.1, 0.15) is 41.5 Å². The summed E-state index contributed by atoms with van der Waals surface area (Å²) in [6.07, 6.45) is 2.17. The van der Waals surface area contributed by atoms with Crippen molar-refractivity contribution < 1.29 is 19.4 Å². The van der Waals surface area contributed by atoms with E-state index in [2.05, 4.69) is 0 Å². The number of allylic oxidation sites excluding steroid dienone is 1. The molecule has 1 saturated heterocycles. The monoisotopic (exact) mass is 271 g/mol. The summed E-state index contributed by atoms with van der Waals surface area (Å²) in [5.74, 6) is 0. The number of aliphatic hydroxyl groups is 1. The predicted molar refractivity (Wildman–Crippen MR) is 72.7 cm³/mol. The second-order valence-electron chi connectivity index (χ2n) is 6.19. The Labute approximate surface area is 115 Å². The molecule has 0 aromatic rings. The summed E-state index contributed by atoms with van der Waals surface area (Å²) in [6, 6.07) is -0.430. The molecular formula is C14H25NO4. The second-order valence-corrected chi connectivity index (χ2v) is 6.19. The second kappa shape index (κ2) is 5.51. The van der Waals surface area contributed by atoms with Gasteiger partial charge in [-0.15, -0.1) is 0 Å². The van der Waals surface area contributed by atoms with E-state index in [0.29, 0.717) is 0 Å². The molecule has 110 valence electrons. The average Bonchev–Trinajstić information content (AvgIpc) is 2.51. The average molecular weight is 271 g/mol. The van der Waals surface area contributed by atoms with Crippen LogP contribution in [0.3, 0.4) is 0 Å². The van der Waals surface area contributed by atoms with E-state index in [9.17, 15) is 9.90 Å². The summed E-state index contributed by atoms with van der Waals surface area (Å²) in [5.41, 5.74) is -1.36. The Hall–Kier alpha value is -1.07. The third-order valence-corrected chi connectivity index (χ3v) is 2.89. The number of ether oxygens (including phenoxy) is 2. The normalized spacial score (nSPS) is 24.8. The molecule has 5 heteroatoms. The van der Waals surface area contributed by atoms with Crippen molar-refractivity contribution in [3.05, 3.63) is 12.2 Å². The molecule has 1 heterocycles. The number of hydrogen-bond acceptors (Lipinski definition) is 4. The van der Waals surface area contributed by atoms with Crippen molar-refractivity contribution in [1.29, 1.82) is 0 Å². The maximum atomic E-state index is 12.3. The molecule has 0 aromatic carbocycles. The van der Waals surface area contributed by atoms with E-state index in [1.54, 1.807) is 26.0 Å². The van der Waals surface area contributed by atoms with Crippen LogP contribution in [0.15, 0.2) is 12.2 Å². The van der Waals surface area contributed by atoms with Gasteiger partial charge < -0.3 is 14.6 Å². The summed E-state index contributed by atoms with van der Waals surface area (Å²) in [4.78, 5) is 13.8. The fraction of sp³-hybridized carbons (Fsp3) is 0.786. The fourth-order valence-corrected chi connectivity index (χ4v) is 2.08. The fourth-order valence-electron chi connectivity index (χ4n) is 2.08. The van der Waals surface area contributed by atoms with Gasteiger partial charge in [0.25, 0.3) is 0 Å². The molecule has 0 saturated carbocycles. The number of amides is 1. The quantitative estimate of drug-likeness (QED) is 0.783. The Kier molecular flexibility index (Phi) is 4.63. The Morgan fingerprint density at radius 3 is 2.58 bits per heavy atom. The molecule has 1 aliphatic heterocycles. The van der Waals surface area contributed by atoms with Crippen molar-refractivity contribution in [3.8, 4) is 0 Å². The molecule has 1 rings (SSSR count). The maximum absolute atomic E-state index is 12.3. The van der Waals surface area contributed by atoms with E-state index < -0.39 is 29.6 Å². The molecule has 1 amide bonds. The molecule has 1 N–H and O–H groups in total. The van der Waals surface area contributed by atoms with Gasteiger partial charge >= 0.3 is 6.09 Å². The lowest BCUT2D eigenvalue weighted by molar-refractivity contribution is -0.0660. The highest BCUT2D eigenvalue weighted by Crippen LogP contribution is 2.31. The van der Waals surface area contributed by atoms with Crippen LogP contribution in [0.4, 0.5) is 4.79 Å². The van der Waals surface area contributed by atoms with Crippen LogP contribution in [0.2, 0.25) is 0 Å². The minimum atomic E-state index is -0.782. The van der Waals surface area contributed by atoms with Crippen molar-refractivity contribution in [2.45, 2.75) is 65.0 Å². The van der Waals surface area contributed by atoms with Gasteiger partial charge in [-0.1, -0.05) is 12.2 Å². The molecule has 5 nitrogen and oxygen atoms in total. The standard InChI is InChI=1S/C14H25NO4/c1-7-8-11(16)10-9-18-14(5,6)15(10)12(17)19-13(2,3)4/h7-8,10-11,16H,9H2,1-6H3/b8-7+/t10-,11+/m0/s1. The SMILES string of the molecule is C/C=C/[C@@H](O)[C@@H]1COC(C)(C)N1C(=O)OC(C)(C)C. The maximum Gasteiger partial charge on any atom is 0.413 e. The molecule has 0 spiro atoms. The van der Waals surface area contributed by atoms with Crippen LogP contribution in [-0.4, -0.2) is 46.2 Å². The van der Waals surface area contributed by atoms with Gasteiger partial charge in [0, 0.05) is 0 Å². The smallest absolute Gasteiger partial charge is 0.413 e. The molecule has 2 atom stereocenters. The van der Waals surface area contributed by atoms with E-state index >= 15 is 0 Å². The first-order valence-corrected chi connectivity index (χ1v) is 6.55. The largest absolute Gasteiger partial charge is 0.444 e. The van der Waals surface area contributed by atoms with E-state index in [1.807, 2.05) is 27.7 Å². The summed E-state index contributed by atoms with van der Waals surface area (Å²) in [5, 5.41) is 10.1. The first kappa shape index (κ1) is 16.0. The van der Waals surface area contributed by atoms with Gasteiger partial charge in [-0.25, -0.2) is 4.79 Å². The molecule has 1 fully saturated rings. The molecule has 0 aliphatic carbocycles. The van der Waals surface area contributed by atoms with E-state index in [1.165, 1.54) is 4.90 Å². The van der Waals surface area contributed by atoms with Gasteiger partial charge in [-0.3, -0.25) is 4.90 Å². The van der Waals surface area contributed by atoms with Crippen molar-refractivity contribution in [2.75, 3.05) is 6.61 Å². The number of carbonyl (C=O) groups excluding carboxylic acids is 1. The molecule has 0 aromatic heterocycles. The highest BCUT2D eigenvalue weighted by atomic mass is 16.6. The molecule has 0 unspecified atom stereocenters. The first-order chi connectivity index (χ1) is 8.58. The summed E-state index contributed by atoms with van der Waals surface area (Å²) >= 11 is 0. The van der Waals surface area contributed by atoms with Crippen LogP contribution in [-0.2, 0) is 9.47 Å². The van der Waals surface area contributed by atoms with Crippen LogP contribution in [0.5, 0.6) is 0 Å². The van der Waals surface area contributed by atoms with Crippen molar-refractivity contribution in [3.63, 3.8) is 0 Å². The Balaban J connectivity index is 2.93. The minimum absolute atomic E-state index is 0.289. The molecular weight excluding hydrogens is 246 g/mol. The summed E-state index contributed by atoms with van der Waals surface area (Å²) in [6.45, 7) is 11.1. The topological polar surface area (TPSA) is 59.0 Å². The predicted octanol–water partition coefficient (Wildman–Crippen LogP) is 2.30. The van der Waals surface area contributed by atoms with Gasteiger partial charge in [-0.2, -0.15) is 0 Å². The number of nitrogens with zero attached hydrogens (tertiary/aromatic N) is 1. The molecule has 0 bridgehead atoms. The third-order valence-electron chi connectivity index (χ3n) is 2.89. The zero-order valence-corrected chi connectivity index (χ0v) is 12.6. The van der Waals surface area contributed by atoms with E-state index in [-0.39, 0.29) is 6.61 Å². The number of rotatable bonds is 2. The van der Waals surface area contributed by atoms with Gasteiger partial charge in [0.2, 0.25) is 0 Å². The van der Waals surface area contributed by atoms with Gasteiger partial charge in [0.1, 0.15) is 11.3 Å². The summed E-state index contributed by atoms with van der Waals surface area (Å²) in [7, 11) is 0. The van der Waals surface area contributed by atoms with Gasteiger partial charge in [-0.05, 0) is 41.5 Å². The first-order valence-electron chi connectivity index (χ1n) is 6.55. The Morgan fingerprint density at radius 2 is 2.11 bits per heavy atom. The molecule has 1 aliphatic rings. The number of hydrogen-bond donors (Lipinski definition) is 1. The number of carbonyl (C=O) groups is 1. The Bertz CT molecular complexity index is 357. The summed E-state index contributed by atoms with van der Waals surface area (Å²) < 4.78 is 11.0. The Morgan fingerprint density at radius 1 is 1.53 bits per heavy atom. The van der Waals surface area contributed by atoms with Crippen molar-refractivity contribution in [1.82, 2.24) is 4.90 Å². The zero-order valence-electron chi connectivity index (χ0n) is 12.6. The number of aliphatic hydroxyl groups excluding tert-OH is 1. The molecule has 19 heavy (non-hydrogen) atoms. The molecule has 0 radical (unpaired) electrons. The third kappa shape index (κ3) is 3.94. The van der Waals surface area contributed by atoms with Crippen LogP contribution in [0.25, 0.3) is 0 Å². The van der Waals surface area contributed by atoms with Crippen molar-refractivity contribution >= 4 is 6.09 Å². The highest BCUT2D eigenvalue weighted by molar-refractivity contribution is 5.70. The van der Waals surface area contributed by atoms with Crippen LogP contribution < -0.4 is 0 Å².